The van der Waals surface area contributed by atoms with E-state index in [2.05, 4.69) is 57.2 Å². The normalized spacial score (nSPS) is 12.2. The van der Waals surface area contributed by atoms with E-state index in [4.69, 9.17) is 0 Å². The Balaban J connectivity index is 2.62. The van der Waals surface area contributed by atoms with Gasteiger partial charge in [-0.1, -0.05) is 48.9 Å². The summed E-state index contributed by atoms with van der Waals surface area (Å²) in [6.07, 6.45) is 4.77. The van der Waals surface area contributed by atoms with Crippen molar-refractivity contribution in [2.24, 2.45) is 5.92 Å². The summed E-state index contributed by atoms with van der Waals surface area (Å²) in [5.41, 5.74) is 2.87. The second-order valence-corrected chi connectivity index (χ2v) is 4.10. The lowest BCUT2D eigenvalue weighted by atomic mass is 9.95. The third-order valence-electron chi connectivity index (χ3n) is 2.43. The zero-order chi connectivity index (χ0) is 10.4. The Bertz CT molecular complexity index is 278. The van der Waals surface area contributed by atoms with Gasteiger partial charge in [0, 0.05) is 0 Å². The molecule has 0 fully saturated rings. The van der Waals surface area contributed by atoms with Gasteiger partial charge in [-0.25, -0.2) is 0 Å². The monoisotopic (exact) mass is 188 g/mol. The van der Waals surface area contributed by atoms with E-state index in [1.165, 1.54) is 24.0 Å². The van der Waals surface area contributed by atoms with E-state index in [9.17, 15) is 0 Å². The van der Waals surface area contributed by atoms with Crippen molar-refractivity contribution in [2.45, 2.75) is 33.6 Å². The van der Waals surface area contributed by atoms with E-state index in [1.807, 2.05) is 0 Å². The molecule has 0 amide bonds. The van der Waals surface area contributed by atoms with Gasteiger partial charge in [-0.3, -0.25) is 0 Å². The minimum Gasteiger partial charge on any atom is -0.0825 e. The SMILES string of the molecule is CCC(C=C(C)C)Cc1ccccc1. The topological polar surface area (TPSA) is 0 Å². The zero-order valence-electron chi connectivity index (χ0n) is 9.46. The number of hydrogen-bond donors (Lipinski definition) is 0. The highest BCUT2D eigenvalue weighted by Crippen LogP contribution is 2.14. The molecule has 0 radical (unpaired) electrons. The third-order valence-corrected chi connectivity index (χ3v) is 2.43. The van der Waals surface area contributed by atoms with Gasteiger partial charge in [-0.15, -0.1) is 0 Å². The van der Waals surface area contributed by atoms with Gasteiger partial charge in [0.1, 0.15) is 0 Å². The Morgan fingerprint density at radius 3 is 2.36 bits per heavy atom. The fourth-order valence-corrected chi connectivity index (χ4v) is 1.71. The van der Waals surface area contributed by atoms with Crippen molar-refractivity contribution in [3.63, 3.8) is 0 Å². The molecule has 1 rings (SSSR count). The summed E-state index contributed by atoms with van der Waals surface area (Å²) in [4.78, 5) is 0. The molecule has 0 aliphatic rings. The highest BCUT2D eigenvalue weighted by atomic mass is 14.1. The van der Waals surface area contributed by atoms with Crippen LogP contribution in [0.5, 0.6) is 0 Å². The summed E-state index contributed by atoms with van der Waals surface area (Å²) in [6, 6.07) is 10.7. The molecule has 0 nitrogen and oxygen atoms in total. The van der Waals surface area contributed by atoms with Gasteiger partial charge in [0.05, 0.1) is 0 Å². The summed E-state index contributed by atoms with van der Waals surface area (Å²) >= 11 is 0. The van der Waals surface area contributed by atoms with Gasteiger partial charge < -0.3 is 0 Å². The van der Waals surface area contributed by atoms with Crippen molar-refractivity contribution in [3.05, 3.63) is 47.5 Å². The summed E-state index contributed by atoms with van der Waals surface area (Å²) in [6.45, 7) is 6.61. The maximum absolute atomic E-state index is 2.38. The summed E-state index contributed by atoms with van der Waals surface area (Å²) < 4.78 is 0. The first-order valence-electron chi connectivity index (χ1n) is 5.41. The van der Waals surface area contributed by atoms with E-state index in [1.54, 1.807) is 0 Å². The minimum atomic E-state index is 0.697. The fourth-order valence-electron chi connectivity index (χ4n) is 1.71. The number of allylic oxidation sites excluding steroid dienone is 2. The van der Waals surface area contributed by atoms with Crippen molar-refractivity contribution in [1.82, 2.24) is 0 Å². The highest BCUT2D eigenvalue weighted by molar-refractivity contribution is 5.16. The fraction of sp³-hybridized carbons (Fsp3) is 0.429. The van der Waals surface area contributed by atoms with Crippen LogP contribution in [0.15, 0.2) is 42.0 Å². The van der Waals surface area contributed by atoms with Crippen LogP contribution in [0.2, 0.25) is 0 Å². The molecule has 0 aromatic heterocycles. The van der Waals surface area contributed by atoms with Crippen molar-refractivity contribution in [1.29, 1.82) is 0 Å². The molecule has 0 heterocycles. The number of rotatable bonds is 4. The van der Waals surface area contributed by atoms with E-state index >= 15 is 0 Å². The van der Waals surface area contributed by atoms with Crippen molar-refractivity contribution in [2.75, 3.05) is 0 Å². The van der Waals surface area contributed by atoms with Gasteiger partial charge in [-0.05, 0) is 38.2 Å². The molecule has 1 aromatic rings. The molecule has 0 saturated carbocycles. The average molecular weight is 188 g/mol. The Hall–Kier alpha value is -1.04. The number of hydrogen-bond acceptors (Lipinski definition) is 0. The van der Waals surface area contributed by atoms with Crippen molar-refractivity contribution in [3.8, 4) is 0 Å². The summed E-state index contributed by atoms with van der Waals surface area (Å²) in [7, 11) is 0. The van der Waals surface area contributed by atoms with Crippen molar-refractivity contribution < 1.29 is 0 Å². The molecule has 76 valence electrons. The van der Waals surface area contributed by atoms with E-state index in [0.717, 1.165) is 0 Å². The highest BCUT2D eigenvalue weighted by Gasteiger charge is 2.03. The van der Waals surface area contributed by atoms with E-state index < -0.39 is 0 Å². The summed E-state index contributed by atoms with van der Waals surface area (Å²) in [5, 5.41) is 0. The van der Waals surface area contributed by atoms with E-state index in [0.29, 0.717) is 5.92 Å². The maximum Gasteiger partial charge on any atom is -0.0193 e. The molecule has 0 saturated heterocycles. The number of benzene rings is 1. The molecule has 0 aliphatic carbocycles. The molecule has 1 aromatic carbocycles. The molecular formula is C14H20. The quantitative estimate of drug-likeness (QED) is 0.620. The van der Waals surface area contributed by atoms with Crippen LogP contribution in [-0.2, 0) is 6.42 Å². The predicted molar refractivity (Wildman–Crippen MR) is 63.4 cm³/mol. The van der Waals surface area contributed by atoms with Crippen LogP contribution in [0, 0.1) is 5.92 Å². The first-order valence-corrected chi connectivity index (χ1v) is 5.41. The smallest absolute Gasteiger partial charge is 0.0193 e. The molecule has 0 spiro atoms. The van der Waals surface area contributed by atoms with Gasteiger partial charge in [0.2, 0.25) is 0 Å². The lowest BCUT2D eigenvalue weighted by molar-refractivity contribution is 0.620. The third kappa shape index (κ3) is 3.78. The van der Waals surface area contributed by atoms with Crippen LogP contribution >= 0.6 is 0 Å². The molecule has 1 atom stereocenters. The largest absolute Gasteiger partial charge is 0.0825 e. The van der Waals surface area contributed by atoms with Gasteiger partial charge >= 0.3 is 0 Å². The van der Waals surface area contributed by atoms with Crippen LogP contribution in [-0.4, -0.2) is 0 Å². The maximum atomic E-state index is 2.38. The Morgan fingerprint density at radius 1 is 1.21 bits per heavy atom. The van der Waals surface area contributed by atoms with Crippen LogP contribution in [0.25, 0.3) is 0 Å². The Kier molecular flexibility index (Phi) is 4.45. The molecule has 0 heteroatoms. The second-order valence-electron chi connectivity index (χ2n) is 4.10. The average Bonchev–Trinajstić information content (AvgIpc) is 2.17. The van der Waals surface area contributed by atoms with E-state index in [-0.39, 0.29) is 0 Å². The van der Waals surface area contributed by atoms with Crippen molar-refractivity contribution >= 4 is 0 Å². The molecule has 0 aliphatic heterocycles. The zero-order valence-corrected chi connectivity index (χ0v) is 9.46. The minimum absolute atomic E-state index is 0.697. The molecular weight excluding hydrogens is 168 g/mol. The molecule has 1 unspecified atom stereocenters. The first kappa shape index (κ1) is 11.0. The summed E-state index contributed by atoms with van der Waals surface area (Å²) in [5.74, 6) is 0.697. The van der Waals surface area contributed by atoms with Crippen LogP contribution in [0.3, 0.4) is 0 Å². The standard InChI is InChI=1S/C14H20/c1-4-13(10-12(2)3)11-14-8-6-5-7-9-14/h5-10,13H,4,11H2,1-3H3. The van der Waals surface area contributed by atoms with Crippen LogP contribution in [0.4, 0.5) is 0 Å². The molecule has 0 N–H and O–H groups in total. The van der Waals surface area contributed by atoms with Crippen LogP contribution < -0.4 is 0 Å². The van der Waals surface area contributed by atoms with Gasteiger partial charge in [0.25, 0.3) is 0 Å². The predicted octanol–water partition coefficient (Wildman–Crippen LogP) is 4.22. The Labute approximate surface area is 87.7 Å². The Morgan fingerprint density at radius 2 is 1.86 bits per heavy atom. The van der Waals surface area contributed by atoms with Gasteiger partial charge in [-0.2, -0.15) is 0 Å². The molecule has 14 heavy (non-hydrogen) atoms. The van der Waals surface area contributed by atoms with Crippen LogP contribution in [0.1, 0.15) is 32.8 Å². The lowest BCUT2D eigenvalue weighted by Gasteiger charge is -2.10. The van der Waals surface area contributed by atoms with Gasteiger partial charge in [0.15, 0.2) is 0 Å². The molecule has 0 bridgehead atoms. The second kappa shape index (κ2) is 5.64. The lowest BCUT2D eigenvalue weighted by Crippen LogP contribution is -2.00. The first-order chi connectivity index (χ1) is 6.72.